The predicted octanol–water partition coefficient (Wildman–Crippen LogP) is 5.79. The molecule has 0 unspecified atom stereocenters. The largest absolute Gasteiger partial charge is 0.478 e. The summed E-state index contributed by atoms with van der Waals surface area (Å²) in [5, 5.41) is 8.40. The molecule has 1 aromatic heterocycles. The first kappa shape index (κ1) is 28.7. The molecule has 3 rings (SSSR count). The van der Waals surface area contributed by atoms with Crippen LogP contribution in [-0.4, -0.2) is 44.1 Å². The van der Waals surface area contributed by atoms with Gasteiger partial charge in [-0.1, -0.05) is 40.9 Å². The number of aromatic nitrogens is 1. The smallest absolute Gasteiger partial charge is 0.417 e. The Bertz CT molecular complexity index is 1500. The van der Waals surface area contributed by atoms with Gasteiger partial charge in [-0.15, -0.1) is 0 Å². The van der Waals surface area contributed by atoms with Crippen molar-refractivity contribution in [3.8, 4) is 0 Å². The van der Waals surface area contributed by atoms with Crippen LogP contribution in [0.5, 0.6) is 0 Å². The number of nitrogens with zero attached hydrogens (tertiary/aromatic N) is 2. The van der Waals surface area contributed by atoms with Gasteiger partial charge >= 0.3 is 12.1 Å². The van der Waals surface area contributed by atoms with Crippen LogP contribution in [0.2, 0.25) is 15.1 Å². The van der Waals surface area contributed by atoms with Gasteiger partial charge in [0.25, 0.3) is 10.0 Å². The van der Waals surface area contributed by atoms with Gasteiger partial charge in [0.05, 0.1) is 36.8 Å². The summed E-state index contributed by atoms with van der Waals surface area (Å²) in [7, 11) is -3.75. The molecule has 0 bridgehead atoms. The second-order valence-corrected chi connectivity index (χ2v) is 10.3. The van der Waals surface area contributed by atoms with Crippen LogP contribution in [-0.2, 0) is 20.9 Å². The fourth-order valence-electron chi connectivity index (χ4n) is 3.25. The van der Waals surface area contributed by atoms with Gasteiger partial charge in [0.2, 0.25) is 5.78 Å². The molecule has 0 aliphatic heterocycles. The summed E-state index contributed by atoms with van der Waals surface area (Å²) in [4.78, 5) is 28.2. The van der Waals surface area contributed by atoms with Crippen molar-refractivity contribution >= 4 is 62.3 Å². The van der Waals surface area contributed by atoms with Gasteiger partial charge in [-0.2, -0.15) is 13.2 Å². The lowest BCUT2D eigenvalue weighted by atomic mass is 10.0. The van der Waals surface area contributed by atoms with Crippen LogP contribution >= 0.6 is 34.8 Å². The summed E-state index contributed by atoms with van der Waals surface area (Å²) in [6.07, 6.45) is -3.96. The number of rotatable bonds is 8. The van der Waals surface area contributed by atoms with Crippen LogP contribution < -0.4 is 4.31 Å². The molecule has 0 radical (unpaired) electrons. The Hall–Kier alpha value is -2.90. The number of ether oxygens (including phenoxy) is 1. The maximum Gasteiger partial charge on any atom is 0.417 e. The van der Waals surface area contributed by atoms with Crippen molar-refractivity contribution in [1.82, 2.24) is 4.98 Å². The number of carbonyl (C=O) groups excluding carboxylic acids is 1. The van der Waals surface area contributed by atoms with Crippen molar-refractivity contribution in [3.63, 3.8) is 0 Å². The minimum atomic E-state index is -4.97. The monoisotopic (exact) mass is 596 g/mol. The van der Waals surface area contributed by atoms with E-state index in [1.807, 2.05) is 0 Å². The highest BCUT2D eigenvalue weighted by Gasteiger charge is 2.37. The average molecular weight is 598 g/mol. The van der Waals surface area contributed by atoms with E-state index in [0.29, 0.717) is 10.4 Å². The molecule has 0 aliphatic carbocycles. The molecule has 15 heteroatoms. The lowest BCUT2D eigenvalue weighted by Gasteiger charge is -2.25. The zero-order chi connectivity index (χ0) is 27.7. The molecular weight excluding hydrogens is 584 g/mol. The van der Waals surface area contributed by atoms with Crippen molar-refractivity contribution in [2.24, 2.45) is 0 Å². The van der Waals surface area contributed by atoms with E-state index in [2.05, 4.69) is 4.98 Å². The third-order valence-corrected chi connectivity index (χ3v) is 7.45. The predicted molar refractivity (Wildman–Crippen MR) is 129 cm³/mol. The second kappa shape index (κ2) is 10.8. The standard InChI is InChI=1S/C22H14Cl3F3N2O6S/c1-36-10-30(37(34,35)12-5-6-15(24)14(8-12)22(26,27)28)17-7-11(23)9-29-19(17)20(31)13-3-2-4-16(25)18(13)21(32)33/h2-9H,10H2,1H3,(H,32,33). The Morgan fingerprint density at radius 2 is 1.76 bits per heavy atom. The van der Waals surface area contributed by atoms with Gasteiger partial charge in [-0.05, 0) is 36.4 Å². The summed E-state index contributed by atoms with van der Waals surface area (Å²) in [5.74, 6) is -2.58. The number of sulfonamides is 1. The van der Waals surface area contributed by atoms with E-state index in [9.17, 15) is 36.3 Å². The molecule has 1 heterocycles. The molecule has 0 fully saturated rings. The van der Waals surface area contributed by atoms with Crippen LogP contribution in [0, 0.1) is 0 Å². The minimum absolute atomic E-state index is 0.139. The molecule has 3 aromatic rings. The number of halogens is 6. The van der Waals surface area contributed by atoms with Gasteiger partial charge in [0.1, 0.15) is 12.4 Å². The molecule has 0 saturated carbocycles. The SMILES string of the molecule is COCN(c1cc(Cl)cnc1C(=O)c1cccc(Cl)c1C(=O)O)S(=O)(=O)c1ccc(Cl)c(C(F)(F)F)c1. The van der Waals surface area contributed by atoms with Crippen LogP contribution in [0.3, 0.4) is 0 Å². The molecule has 0 saturated heterocycles. The summed E-state index contributed by atoms with van der Waals surface area (Å²) in [6.45, 7) is -0.782. The Balaban J connectivity index is 2.26. The maximum atomic E-state index is 13.5. The van der Waals surface area contributed by atoms with E-state index in [1.54, 1.807) is 0 Å². The fourth-order valence-corrected chi connectivity index (χ4v) is 5.28. The molecule has 0 aliphatic rings. The van der Waals surface area contributed by atoms with E-state index >= 15 is 0 Å². The van der Waals surface area contributed by atoms with Crippen molar-refractivity contribution in [2.75, 3.05) is 18.1 Å². The minimum Gasteiger partial charge on any atom is -0.478 e. The van der Waals surface area contributed by atoms with Gasteiger partial charge in [-0.3, -0.25) is 4.79 Å². The number of benzene rings is 2. The molecule has 2 aromatic carbocycles. The zero-order valence-electron chi connectivity index (χ0n) is 18.4. The highest BCUT2D eigenvalue weighted by atomic mass is 35.5. The first-order chi connectivity index (χ1) is 17.2. The highest BCUT2D eigenvalue weighted by Crippen LogP contribution is 2.38. The molecular formula is C22H14Cl3F3N2O6S. The number of alkyl halides is 3. The quantitative estimate of drug-likeness (QED) is 0.258. The third-order valence-electron chi connectivity index (χ3n) is 4.87. The third kappa shape index (κ3) is 5.83. The number of aromatic carboxylic acids is 1. The van der Waals surface area contributed by atoms with Crippen molar-refractivity contribution in [1.29, 1.82) is 0 Å². The van der Waals surface area contributed by atoms with E-state index in [-0.39, 0.29) is 10.0 Å². The Labute approximate surface area is 223 Å². The van der Waals surface area contributed by atoms with Gasteiger partial charge in [0, 0.05) is 18.9 Å². The first-order valence-corrected chi connectivity index (χ1v) is 12.4. The lowest BCUT2D eigenvalue weighted by molar-refractivity contribution is -0.137. The van der Waals surface area contributed by atoms with Gasteiger partial charge in [-0.25, -0.2) is 22.5 Å². The zero-order valence-corrected chi connectivity index (χ0v) is 21.5. The van der Waals surface area contributed by atoms with Crippen LogP contribution in [0.15, 0.2) is 53.6 Å². The van der Waals surface area contributed by atoms with Crippen molar-refractivity contribution < 1.29 is 41.0 Å². The highest BCUT2D eigenvalue weighted by molar-refractivity contribution is 7.92. The summed E-state index contributed by atoms with van der Waals surface area (Å²) < 4.78 is 72.6. The summed E-state index contributed by atoms with van der Waals surface area (Å²) in [6, 6.07) is 6.63. The number of carboxylic acids is 1. The number of pyridine rings is 1. The molecule has 8 nitrogen and oxygen atoms in total. The topological polar surface area (TPSA) is 114 Å². The average Bonchev–Trinajstić information content (AvgIpc) is 2.81. The number of hydrogen-bond acceptors (Lipinski definition) is 6. The molecule has 0 spiro atoms. The van der Waals surface area contributed by atoms with E-state index in [1.165, 1.54) is 12.1 Å². The molecule has 37 heavy (non-hydrogen) atoms. The van der Waals surface area contributed by atoms with Crippen molar-refractivity contribution in [2.45, 2.75) is 11.1 Å². The second-order valence-electron chi connectivity index (χ2n) is 7.23. The summed E-state index contributed by atoms with van der Waals surface area (Å²) >= 11 is 17.6. The Morgan fingerprint density at radius 1 is 1.08 bits per heavy atom. The lowest BCUT2D eigenvalue weighted by Crippen LogP contribution is -2.34. The van der Waals surface area contributed by atoms with E-state index in [4.69, 9.17) is 39.5 Å². The number of hydrogen-bond donors (Lipinski definition) is 1. The molecule has 0 amide bonds. The first-order valence-electron chi connectivity index (χ1n) is 9.80. The number of anilines is 1. The Morgan fingerprint density at radius 3 is 2.35 bits per heavy atom. The van der Waals surface area contributed by atoms with E-state index < -0.39 is 72.7 Å². The Kier molecular flexibility index (Phi) is 8.40. The van der Waals surface area contributed by atoms with Gasteiger partial charge in [0.15, 0.2) is 0 Å². The molecule has 1 N–H and O–H groups in total. The van der Waals surface area contributed by atoms with Crippen LogP contribution in [0.25, 0.3) is 0 Å². The molecule has 0 atom stereocenters. The normalized spacial score (nSPS) is 11.9. The fraction of sp³-hybridized carbons (Fsp3) is 0.136. The number of carboxylic acid groups (broad SMARTS) is 1. The summed E-state index contributed by atoms with van der Waals surface area (Å²) in [5.41, 5.74) is -3.46. The van der Waals surface area contributed by atoms with Crippen molar-refractivity contribution in [3.05, 3.63) is 86.1 Å². The van der Waals surface area contributed by atoms with Crippen LogP contribution in [0.4, 0.5) is 18.9 Å². The number of carbonyl (C=O) groups is 2. The number of methoxy groups -OCH3 is 1. The molecule has 196 valence electrons. The van der Waals surface area contributed by atoms with E-state index in [0.717, 1.165) is 37.6 Å². The van der Waals surface area contributed by atoms with Crippen LogP contribution in [0.1, 0.15) is 32.0 Å². The number of ketones is 1. The van der Waals surface area contributed by atoms with Gasteiger partial charge < -0.3 is 9.84 Å². The maximum absolute atomic E-state index is 13.5.